The number of carbonyl (C=O) groups excluding carboxylic acids is 1. The van der Waals surface area contributed by atoms with Crippen LogP contribution in [0.4, 0.5) is 0 Å². The molecule has 1 aromatic carbocycles. The second-order valence-electron chi connectivity index (χ2n) is 4.43. The SMILES string of the molecule is COCC(CCO)NC(=O)COc1ccc(Cl)cc1C. The van der Waals surface area contributed by atoms with Crippen molar-refractivity contribution in [1.29, 1.82) is 0 Å². The van der Waals surface area contributed by atoms with Gasteiger partial charge in [0.2, 0.25) is 0 Å². The van der Waals surface area contributed by atoms with E-state index in [-0.39, 0.29) is 25.2 Å². The van der Waals surface area contributed by atoms with E-state index in [1.807, 2.05) is 6.92 Å². The molecule has 0 aliphatic rings. The quantitative estimate of drug-likeness (QED) is 0.764. The number of methoxy groups -OCH3 is 1. The molecule has 112 valence electrons. The molecule has 0 radical (unpaired) electrons. The number of amides is 1. The molecule has 1 amide bonds. The van der Waals surface area contributed by atoms with Gasteiger partial charge in [-0.05, 0) is 37.1 Å². The third kappa shape index (κ3) is 5.77. The first kappa shape index (κ1) is 16.8. The molecule has 20 heavy (non-hydrogen) atoms. The first-order valence-corrected chi connectivity index (χ1v) is 6.72. The maximum absolute atomic E-state index is 11.8. The van der Waals surface area contributed by atoms with Gasteiger partial charge < -0.3 is 19.9 Å². The van der Waals surface area contributed by atoms with E-state index in [9.17, 15) is 4.79 Å². The number of rotatable bonds is 8. The van der Waals surface area contributed by atoms with E-state index in [4.69, 9.17) is 26.2 Å². The summed E-state index contributed by atoms with van der Waals surface area (Å²) in [6, 6.07) is 4.99. The molecular formula is C14H20ClNO4. The van der Waals surface area contributed by atoms with Gasteiger partial charge in [-0.15, -0.1) is 0 Å². The zero-order valence-electron chi connectivity index (χ0n) is 11.7. The summed E-state index contributed by atoms with van der Waals surface area (Å²) in [4.78, 5) is 11.8. The molecular weight excluding hydrogens is 282 g/mol. The summed E-state index contributed by atoms with van der Waals surface area (Å²) in [7, 11) is 1.55. The van der Waals surface area contributed by atoms with Crippen LogP contribution in [0.2, 0.25) is 5.02 Å². The number of carbonyl (C=O) groups is 1. The molecule has 0 saturated heterocycles. The monoisotopic (exact) mass is 301 g/mol. The van der Waals surface area contributed by atoms with Gasteiger partial charge in [0.1, 0.15) is 5.75 Å². The summed E-state index contributed by atoms with van der Waals surface area (Å²) in [5.74, 6) is 0.366. The Hall–Kier alpha value is -1.30. The average molecular weight is 302 g/mol. The van der Waals surface area contributed by atoms with Gasteiger partial charge >= 0.3 is 0 Å². The van der Waals surface area contributed by atoms with Gasteiger partial charge in [-0.1, -0.05) is 11.6 Å². The van der Waals surface area contributed by atoms with Crippen LogP contribution in [0.3, 0.4) is 0 Å². The lowest BCUT2D eigenvalue weighted by molar-refractivity contribution is -0.124. The Kier molecular flexibility index (Phi) is 7.36. The summed E-state index contributed by atoms with van der Waals surface area (Å²) in [5, 5.41) is 12.3. The Balaban J connectivity index is 2.45. The highest BCUT2D eigenvalue weighted by molar-refractivity contribution is 6.30. The molecule has 0 heterocycles. The van der Waals surface area contributed by atoms with Gasteiger partial charge in [0, 0.05) is 18.7 Å². The summed E-state index contributed by atoms with van der Waals surface area (Å²) in [6.07, 6.45) is 0.444. The Morgan fingerprint density at radius 1 is 1.50 bits per heavy atom. The molecule has 0 aliphatic heterocycles. The van der Waals surface area contributed by atoms with Crippen molar-refractivity contribution in [2.24, 2.45) is 0 Å². The molecule has 0 saturated carbocycles. The number of nitrogens with one attached hydrogen (secondary N) is 1. The van der Waals surface area contributed by atoms with E-state index in [2.05, 4.69) is 5.32 Å². The Labute approximate surface area is 123 Å². The summed E-state index contributed by atoms with van der Waals surface area (Å²) >= 11 is 5.85. The number of hydrogen-bond acceptors (Lipinski definition) is 4. The minimum absolute atomic E-state index is 0.00848. The predicted octanol–water partition coefficient (Wildman–Crippen LogP) is 1.54. The van der Waals surface area contributed by atoms with E-state index >= 15 is 0 Å². The van der Waals surface area contributed by atoms with Crippen molar-refractivity contribution in [1.82, 2.24) is 5.32 Å². The predicted molar refractivity (Wildman–Crippen MR) is 77.2 cm³/mol. The fraction of sp³-hybridized carbons (Fsp3) is 0.500. The van der Waals surface area contributed by atoms with Crippen LogP contribution in [-0.2, 0) is 9.53 Å². The molecule has 1 rings (SSSR count). The van der Waals surface area contributed by atoms with Crippen LogP contribution < -0.4 is 10.1 Å². The van der Waals surface area contributed by atoms with Crippen LogP contribution in [0.1, 0.15) is 12.0 Å². The summed E-state index contributed by atoms with van der Waals surface area (Å²) in [6.45, 7) is 2.12. The van der Waals surface area contributed by atoms with Crippen molar-refractivity contribution in [2.75, 3.05) is 26.9 Å². The number of aliphatic hydroxyl groups is 1. The van der Waals surface area contributed by atoms with Crippen molar-refractivity contribution >= 4 is 17.5 Å². The van der Waals surface area contributed by atoms with Gasteiger partial charge in [-0.3, -0.25) is 4.79 Å². The van der Waals surface area contributed by atoms with Crippen LogP contribution in [0.5, 0.6) is 5.75 Å². The lowest BCUT2D eigenvalue weighted by Gasteiger charge is -2.17. The van der Waals surface area contributed by atoms with Gasteiger partial charge in [0.25, 0.3) is 5.91 Å². The van der Waals surface area contributed by atoms with E-state index < -0.39 is 0 Å². The molecule has 0 bridgehead atoms. The highest BCUT2D eigenvalue weighted by Crippen LogP contribution is 2.21. The molecule has 1 aromatic rings. The number of aliphatic hydroxyl groups excluding tert-OH is 1. The van der Waals surface area contributed by atoms with Crippen LogP contribution in [0, 0.1) is 6.92 Å². The lowest BCUT2D eigenvalue weighted by Crippen LogP contribution is -2.41. The largest absolute Gasteiger partial charge is 0.484 e. The fourth-order valence-electron chi connectivity index (χ4n) is 1.74. The number of hydrogen-bond donors (Lipinski definition) is 2. The Bertz CT molecular complexity index is 433. The van der Waals surface area contributed by atoms with Gasteiger partial charge in [-0.2, -0.15) is 0 Å². The lowest BCUT2D eigenvalue weighted by atomic mass is 10.2. The molecule has 0 aliphatic carbocycles. The van der Waals surface area contributed by atoms with Crippen molar-refractivity contribution in [3.63, 3.8) is 0 Å². The van der Waals surface area contributed by atoms with Crippen molar-refractivity contribution in [3.8, 4) is 5.75 Å². The Morgan fingerprint density at radius 3 is 2.85 bits per heavy atom. The molecule has 5 nitrogen and oxygen atoms in total. The van der Waals surface area contributed by atoms with Crippen molar-refractivity contribution in [3.05, 3.63) is 28.8 Å². The standard InChI is InChI=1S/C14H20ClNO4/c1-10-7-11(15)3-4-13(10)20-9-14(18)16-12(5-6-17)8-19-2/h3-4,7,12,17H,5-6,8-9H2,1-2H3,(H,16,18). The van der Waals surface area contributed by atoms with Crippen LogP contribution in [0.25, 0.3) is 0 Å². The molecule has 0 aromatic heterocycles. The topological polar surface area (TPSA) is 67.8 Å². The number of ether oxygens (including phenoxy) is 2. The number of benzene rings is 1. The van der Waals surface area contributed by atoms with Crippen LogP contribution in [0.15, 0.2) is 18.2 Å². The van der Waals surface area contributed by atoms with E-state index in [1.165, 1.54) is 0 Å². The van der Waals surface area contributed by atoms with E-state index in [0.717, 1.165) is 5.56 Å². The van der Waals surface area contributed by atoms with Crippen LogP contribution >= 0.6 is 11.6 Å². The summed E-state index contributed by atoms with van der Waals surface area (Å²) in [5.41, 5.74) is 0.870. The molecule has 1 unspecified atom stereocenters. The van der Waals surface area contributed by atoms with E-state index in [0.29, 0.717) is 23.8 Å². The first-order valence-electron chi connectivity index (χ1n) is 6.35. The second kappa shape index (κ2) is 8.79. The fourth-order valence-corrected chi connectivity index (χ4v) is 1.97. The molecule has 0 spiro atoms. The van der Waals surface area contributed by atoms with Gasteiger partial charge in [-0.25, -0.2) is 0 Å². The minimum atomic E-state index is -0.255. The molecule has 6 heteroatoms. The molecule has 0 fully saturated rings. The van der Waals surface area contributed by atoms with Crippen molar-refractivity contribution in [2.45, 2.75) is 19.4 Å². The second-order valence-corrected chi connectivity index (χ2v) is 4.87. The normalized spacial score (nSPS) is 12.0. The zero-order valence-corrected chi connectivity index (χ0v) is 12.4. The van der Waals surface area contributed by atoms with Gasteiger partial charge in [0.15, 0.2) is 6.61 Å². The highest BCUT2D eigenvalue weighted by atomic mass is 35.5. The maximum Gasteiger partial charge on any atom is 0.258 e. The number of aryl methyl sites for hydroxylation is 1. The minimum Gasteiger partial charge on any atom is -0.484 e. The van der Waals surface area contributed by atoms with E-state index in [1.54, 1.807) is 25.3 Å². The van der Waals surface area contributed by atoms with Crippen LogP contribution in [-0.4, -0.2) is 44.0 Å². The average Bonchev–Trinajstić information content (AvgIpc) is 2.38. The third-order valence-corrected chi connectivity index (χ3v) is 2.94. The first-order chi connectivity index (χ1) is 9.56. The smallest absolute Gasteiger partial charge is 0.258 e. The summed E-state index contributed by atoms with van der Waals surface area (Å²) < 4.78 is 10.4. The zero-order chi connectivity index (χ0) is 15.0. The molecule has 1 atom stereocenters. The van der Waals surface area contributed by atoms with Gasteiger partial charge in [0.05, 0.1) is 12.6 Å². The Morgan fingerprint density at radius 2 is 2.25 bits per heavy atom. The maximum atomic E-state index is 11.8. The van der Waals surface area contributed by atoms with Crippen molar-refractivity contribution < 1.29 is 19.4 Å². The molecule has 2 N–H and O–H groups in total. The third-order valence-electron chi connectivity index (χ3n) is 2.71. The number of halogens is 1. The highest BCUT2D eigenvalue weighted by Gasteiger charge is 2.12.